The van der Waals surface area contributed by atoms with Crippen LogP contribution in [-0.2, 0) is 0 Å². The molecule has 27 heavy (non-hydrogen) atoms. The molecule has 1 aromatic heterocycles. The number of methoxy groups -OCH3 is 1. The van der Waals surface area contributed by atoms with Gasteiger partial charge in [-0.05, 0) is 44.5 Å². The summed E-state index contributed by atoms with van der Waals surface area (Å²) in [6.45, 7) is 6.46. The quantitative estimate of drug-likeness (QED) is 0.666. The summed E-state index contributed by atoms with van der Waals surface area (Å²) in [7, 11) is 3.70. The van der Waals surface area contributed by atoms with Crippen LogP contribution in [0.1, 0.15) is 42.3 Å². The standard InChI is InChI=1S/C21H24N4O2/c1-14-12-21(2,3)25(4)18-11-19(27-5)16(10-17(14)18)13-23-24-20(26)15-6-8-22-9-7-15/h6-13H,1-5H3,(H,24,26)/b23-13-. The lowest BCUT2D eigenvalue weighted by molar-refractivity contribution is 0.0955. The van der Waals surface area contributed by atoms with Crippen LogP contribution in [0.5, 0.6) is 5.75 Å². The summed E-state index contributed by atoms with van der Waals surface area (Å²) in [6.07, 6.45) is 6.98. The van der Waals surface area contributed by atoms with E-state index in [2.05, 4.69) is 54.3 Å². The molecule has 140 valence electrons. The molecule has 0 saturated carbocycles. The van der Waals surface area contributed by atoms with Gasteiger partial charge in [-0.1, -0.05) is 6.08 Å². The molecule has 0 saturated heterocycles. The molecule has 0 fully saturated rings. The fourth-order valence-electron chi connectivity index (χ4n) is 3.20. The molecule has 0 spiro atoms. The Balaban J connectivity index is 1.89. The van der Waals surface area contributed by atoms with Crippen molar-refractivity contribution in [2.24, 2.45) is 5.10 Å². The second-order valence-corrected chi connectivity index (χ2v) is 7.09. The minimum Gasteiger partial charge on any atom is -0.496 e. The lowest BCUT2D eigenvalue weighted by Crippen LogP contribution is -2.42. The van der Waals surface area contributed by atoms with Gasteiger partial charge in [0.05, 0.1) is 18.9 Å². The summed E-state index contributed by atoms with van der Waals surface area (Å²) in [5.74, 6) is 0.413. The van der Waals surface area contributed by atoms with Gasteiger partial charge in [0.1, 0.15) is 5.75 Å². The van der Waals surface area contributed by atoms with Crippen LogP contribution >= 0.6 is 0 Å². The van der Waals surface area contributed by atoms with E-state index in [0.717, 1.165) is 16.8 Å². The van der Waals surface area contributed by atoms with Crippen molar-refractivity contribution in [2.45, 2.75) is 26.3 Å². The summed E-state index contributed by atoms with van der Waals surface area (Å²) < 4.78 is 5.55. The van der Waals surface area contributed by atoms with Crippen LogP contribution in [0.25, 0.3) is 5.57 Å². The number of pyridine rings is 1. The molecule has 1 amide bonds. The molecule has 0 atom stereocenters. The molecule has 1 aromatic carbocycles. The summed E-state index contributed by atoms with van der Waals surface area (Å²) >= 11 is 0. The van der Waals surface area contributed by atoms with Crippen LogP contribution in [0, 0.1) is 0 Å². The van der Waals surface area contributed by atoms with E-state index in [1.807, 2.05) is 12.1 Å². The van der Waals surface area contributed by atoms with Gasteiger partial charge in [-0.3, -0.25) is 9.78 Å². The fourth-order valence-corrected chi connectivity index (χ4v) is 3.20. The summed E-state index contributed by atoms with van der Waals surface area (Å²) in [6, 6.07) is 7.32. The number of amides is 1. The summed E-state index contributed by atoms with van der Waals surface area (Å²) in [5, 5.41) is 4.09. The second kappa shape index (κ2) is 7.23. The molecule has 0 bridgehead atoms. The van der Waals surface area contributed by atoms with Gasteiger partial charge in [0.15, 0.2) is 0 Å². The van der Waals surface area contributed by atoms with Gasteiger partial charge in [0, 0.05) is 47.9 Å². The van der Waals surface area contributed by atoms with E-state index >= 15 is 0 Å². The number of hydrazone groups is 1. The molecule has 1 N–H and O–H groups in total. The minimum atomic E-state index is -0.289. The molecular formula is C21H24N4O2. The first-order valence-electron chi connectivity index (χ1n) is 8.72. The van der Waals surface area contributed by atoms with Gasteiger partial charge in [-0.2, -0.15) is 5.10 Å². The smallest absolute Gasteiger partial charge is 0.271 e. The van der Waals surface area contributed by atoms with Gasteiger partial charge in [0.2, 0.25) is 0 Å². The van der Waals surface area contributed by atoms with Crippen LogP contribution in [0.2, 0.25) is 0 Å². The van der Waals surface area contributed by atoms with E-state index in [1.54, 1.807) is 37.9 Å². The van der Waals surface area contributed by atoms with Crippen molar-refractivity contribution in [3.8, 4) is 5.75 Å². The van der Waals surface area contributed by atoms with Crippen LogP contribution in [-0.4, -0.2) is 36.8 Å². The number of benzene rings is 1. The van der Waals surface area contributed by atoms with Gasteiger partial charge in [-0.15, -0.1) is 0 Å². The van der Waals surface area contributed by atoms with Crippen molar-refractivity contribution in [2.75, 3.05) is 19.1 Å². The average Bonchev–Trinajstić information content (AvgIpc) is 2.66. The third-order valence-electron chi connectivity index (χ3n) is 4.88. The van der Waals surface area contributed by atoms with Crippen LogP contribution in [0.15, 0.2) is 47.8 Å². The lowest BCUT2D eigenvalue weighted by Gasteiger charge is -2.40. The molecular weight excluding hydrogens is 340 g/mol. The molecule has 0 aliphatic carbocycles. The number of aromatic nitrogens is 1. The SMILES string of the molecule is COc1cc2c(cc1/C=N\NC(=O)c1ccncc1)C(C)=CC(C)(C)N2C. The highest BCUT2D eigenvalue weighted by Gasteiger charge is 2.29. The predicted molar refractivity (Wildman–Crippen MR) is 108 cm³/mol. The van der Waals surface area contributed by atoms with Crippen molar-refractivity contribution < 1.29 is 9.53 Å². The Hall–Kier alpha value is -3.15. The number of ether oxygens (including phenoxy) is 1. The van der Waals surface area contributed by atoms with E-state index in [-0.39, 0.29) is 11.4 Å². The number of likely N-dealkylation sites (N-methyl/N-ethyl adjacent to an activating group) is 1. The summed E-state index contributed by atoms with van der Waals surface area (Å²) in [4.78, 5) is 18.2. The Bertz CT molecular complexity index is 917. The maximum Gasteiger partial charge on any atom is 0.271 e. The zero-order valence-corrected chi connectivity index (χ0v) is 16.3. The van der Waals surface area contributed by atoms with Crippen LogP contribution < -0.4 is 15.1 Å². The third-order valence-corrected chi connectivity index (χ3v) is 4.88. The molecule has 1 aliphatic heterocycles. The van der Waals surface area contributed by atoms with E-state index in [0.29, 0.717) is 11.3 Å². The first-order chi connectivity index (χ1) is 12.8. The molecule has 2 heterocycles. The Morgan fingerprint density at radius 2 is 2.00 bits per heavy atom. The van der Waals surface area contributed by atoms with E-state index < -0.39 is 0 Å². The molecule has 1 aliphatic rings. The van der Waals surface area contributed by atoms with Crippen molar-refractivity contribution in [3.05, 3.63) is 59.4 Å². The average molecular weight is 364 g/mol. The Labute approximate surface area is 159 Å². The number of rotatable bonds is 4. The minimum absolute atomic E-state index is 0.0732. The van der Waals surface area contributed by atoms with E-state index in [1.165, 1.54) is 5.57 Å². The number of hydrogen-bond acceptors (Lipinski definition) is 5. The molecule has 6 heteroatoms. The van der Waals surface area contributed by atoms with Gasteiger partial charge >= 0.3 is 0 Å². The zero-order chi connectivity index (χ0) is 19.6. The molecule has 3 rings (SSSR count). The van der Waals surface area contributed by atoms with Gasteiger partial charge in [0.25, 0.3) is 5.91 Å². The van der Waals surface area contributed by atoms with Crippen molar-refractivity contribution >= 4 is 23.4 Å². The number of nitrogens with zero attached hydrogens (tertiary/aromatic N) is 3. The number of anilines is 1. The Morgan fingerprint density at radius 1 is 1.30 bits per heavy atom. The molecule has 2 aromatic rings. The zero-order valence-electron chi connectivity index (χ0n) is 16.3. The highest BCUT2D eigenvalue weighted by Crippen LogP contribution is 2.40. The number of fused-ring (bicyclic) bond motifs is 1. The lowest BCUT2D eigenvalue weighted by atomic mass is 9.88. The maximum absolute atomic E-state index is 12.1. The van der Waals surface area contributed by atoms with E-state index in [9.17, 15) is 4.79 Å². The fraction of sp³-hybridized carbons (Fsp3) is 0.286. The second-order valence-electron chi connectivity index (χ2n) is 7.09. The van der Waals surface area contributed by atoms with Gasteiger partial charge in [-0.25, -0.2) is 5.43 Å². The molecule has 0 unspecified atom stereocenters. The highest BCUT2D eigenvalue weighted by molar-refractivity contribution is 5.95. The number of allylic oxidation sites excluding steroid dienone is 1. The Kier molecular flexibility index (Phi) is 4.99. The number of hydrogen-bond donors (Lipinski definition) is 1. The molecule has 0 radical (unpaired) electrons. The van der Waals surface area contributed by atoms with Crippen molar-refractivity contribution in [3.63, 3.8) is 0 Å². The van der Waals surface area contributed by atoms with E-state index in [4.69, 9.17) is 4.74 Å². The number of nitrogens with one attached hydrogen (secondary N) is 1. The number of carbonyl (C=O) groups is 1. The van der Waals surface area contributed by atoms with Crippen LogP contribution in [0.4, 0.5) is 5.69 Å². The third kappa shape index (κ3) is 3.69. The van der Waals surface area contributed by atoms with Crippen molar-refractivity contribution in [1.82, 2.24) is 10.4 Å². The normalized spacial score (nSPS) is 15.3. The van der Waals surface area contributed by atoms with Crippen molar-refractivity contribution in [1.29, 1.82) is 0 Å². The molecule has 6 nitrogen and oxygen atoms in total. The highest BCUT2D eigenvalue weighted by atomic mass is 16.5. The maximum atomic E-state index is 12.1. The first kappa shape index (κ1) is 18.6. The summed E-state index contributed by atoms with van der Waals surface area (Å²) in [5.41, 5.74) is 7.19. The monoisotopic (exact) mass is 364 g/mol. The first-order valence-corrected chi connectivity index (χ1v) is 8.72. The predicted octanol–water partition coefficient (Wildman–Crippen LogP) is 3.49. The van der Waals surface area contributed by atoms with Crippen LogP contribution in [0.3, 0.4) is 0 Å². The topological polar surface area (TPSA) is 66.8 Å². The number of carbonyl (C=O) groups excluding carboxylic acids is 1. The van der Waals surface area contributed by atoms with Gasteiger partial charge < -0.3 is 9.64 Å². The largest absolute Gasteiger partial charge is 0.496 e. The Morgan fingerprint density at radius 3 is 2.67 bits per heavy atom.